The molecule has 1 aromatic carbocycles. The summed E-state index contributed by atoms with van der Waals surface area (Å²) in [5.41, 5.74) is -5.01. The third kappa shape index (κ3) is 9.31. The first-order chi connectivity index (χ1) is 24.9. The molecule has 0 spiro atoms. The Labute approximate surface area is 342 Å². The molecule has 0 radical (unpaired) electrons. The van der Waals surface area contributed by atoms with Gasteiger partial charge in [0.2, 0.25) is 7.59 Å². The number of carbonyl (C=O) groups is 5. The molecule has 2 saturated carbocycles. The topological polar surface area (TPSA) is 170 Å². The lowest BCUT2D eigenvalue weighted by molar-refractivity contribution is -0.252. The van der Waals surface area contributed by atoms with Crippen molar-refractivity contribution in [2.24, 2.45) is 16.7 Å². The van der Waals surface area contributed by atoms with E-state index in [0.29, 0.717) is 5.57 Å². The van der Waals surface area contributed by atoms with Gasteiger partial charge in [0.05, 0.1) is 23.0 Å². The van der Waals surface area contributed by atoms with Gasteiger partial charge in [-0.3, -0.25) is 9.59 Å². The SMILES string of the molecule is COC1C[C@H](OC(=O)OCC(Cl)(Cl)Cl)[C@@]2(C)C(=O)[C@H](OC(=O)OCC(Cl)(Cl)Cl)C3=C(C)CC[C@@](O)([C@@H](OC(=O)c4ccccc4)[C@@H]2[C@H]1OC(C)=O)C3(C)C. The van der Waals surface area contributed by atoms with Crippen molar-refractivity contribution >= 4 is 99.6 Å². The van der Waals surface area contributed by atoms with Gasteiger partial charge in [0.1, 0.15) is 37.1 Å². The summed E-state index contributed by atoms with van der Waals surface area (Å²) in [6, 6.07) is 7.87. The number of hydrogen-bond acceptors (Lipinski definition) is 13. The summed E-state index contributed by atoms with van der Waals surface area (Å²) >= 11 is 34.8. The van der Waals surface area contributed by atoms with Crippen molar-refractivity contribution in [1.29, 1.82) is 0 Å². The Balaban J connectivity index is 2.03. The molecular formula is C35H40Cl6O13. The fourth-order valence-electron chi connectivity index (χ4n) is 7.88. The van der Waals surface area contributed by atoms with Gasteiger partial charge < -0.3 is 38.3 Å². The summed E-state index contributed by atoms with van der Waals surface area (Å²) in [4.78, 5) is 68.8. The molecule has 4 rings (SSSR count). The van der Waals surface area contributed by atoms with Crippen LogP contribution in [0.1, 0.15) is 64.2 Å². The molecule has 3 aliphatic carbocycles. The lowest BCUT2D eigenvalue weighted by Crippen LogP contribution is -2.74. The number of aliphatic hydroxyl groups is 1. The quantitative estimate of drug-likeness (QED) is 0.119. The highest BCUT2D eigenvalue weighted by molar-refractivity contribution is 6.68. The van der Waals surface area contributed by atoms with Crippen LogP contribution >= 0.6 is 69.6 Å². The second-order valence-electron chi connectivity index (χ2n) is 14.1. The Morgan fingerprint density at radius 1 is 0.870 bits per heavy atom. The monoisotopic (exact) mass is 878 g/mol. The first kappa shape index (κ1) is 44.5. The van der Waals surface area contributed by atoms with Crippen LogP contribution in [0.5, 0.6) is 0 Å². The summed E-state index contributed by atoms with van der Waals surface area (Å²) < 4.78 is 35.5. The smallest absolute Gasteiger partial charge is 0.459 e. The Morgan fingerprint density at radius 3 is 1.94 bits per heavy atom. The number of fused-ring (bicyclic) bond motifs is 3. The fourth-order valence-corrected chi connectivity index (χ4v) is 8.21. The van der Waals surface area contributed by atoms with E-state index in [4.69, 9.17) is 103 Å². The molecule has 3 aliphatic rings. The lowest BCUT2D eigenvalue weighted by Gasteiger charge is -2.61. The predicted molar refractivity (Wildman–Crippen MR) is 197 cm³/mol. The van der Waals surface area contributed by atoms with E-state index in [1.807, 2.05) is 0 Å². The number of methoxy groups -OCH3 is 1. The molecule has 8 atom stereocenters. The maximum atomic E-state index is 15.5. The number of esters is 2. The first-order valence-electron chi connectivity index (χ1n) is 16.6. The highest BCUT2D eigenvalue weighted by Crippen LogP contribution is 2.61. The van der Waals surface area contributed by atoms with Crippen molar-refractivity contribution in [2.75, 3.05) is 20.3 Å². The van der Waals surface area contributed by atoms with Crippen LogP contribution in [0, 0.1) is 16.7 Å². The van der Waals surface area contributed by atoms with E-state index in [-0.39, 0.29) is 30.4 Å². The first-order valence-corrected chi connectivity index (χ1v) is 18.9. The third-order valence-electron chi connectivity index (χ3n) is 10.5. The maximum absolute atomic E-state index is 15.5. The van der Waals surface area contributed by atoms with E-state index in [1.165, 1.54) is 26.2 Å². The number of ether oxygens (including phenoxy) is 7. The zero-order valence-electron chi connectivity index (χ0n) is 30.0. The minimum Gasteiger partial charge on any atom is -0.459 e. The zero-order chi connectivity index (χ0) is 40.6. The number of alkyl halides is 6. The third-order valence-corrected chi connectivity index (χ3v) is 11.1. The second kappa shape index (κ2) is 16.7. The number of benzene rings is 1. The van der Waals surface area contributed by atoms with Crippen LogP contribution in [0.2, 0.25) is 0 Å². The summed E-state index contributed by atoms with van der Waals surface area (Å²) in [6.07, 6.45) is -10.8. The van der Waals surface area contributed by atoms with Crippen molar-refractivity contribution in [3.8, 4) is 0 Å². The number of halogens is 6. The molecule has 1 aromatic rings. The molecule has 2 fully saturated rings. The van der Waals surface area contributed by atoms with E-state index in [1.54, 1.807) is 39.0 Å². The van der Waals surface area contributed by atoms with Gasteiger partial charge in [-0.05, 0) is 44.4 Å². The number of allylic oxidation sites excluding steroid dienone is 1. The van der Waals surface area contributed by atoms with Crippen LogP contribution in [-0.2, 0) is 42.7 Å². The van der Waals surface area contributed by atoms with Gasteiger partial charge in [-0.15, -0.1) is 0 Å². The standard InChI is InChI=1S/C35H40Cl6O13/c1-17-12-13-33(47)27(54-28(44)19-10-8-7-9-11-19)23-24(51-18(2)42)20(48-6)14-21(52-29(45)49-15-34(36,37)38)32(23,5)26(43)25(22(17)31(33,3)4)53-30(46)50-16-35(39,40)41/h7-11,20-21,23-25,27,47H,12-16H2,1-6H3/t20?,21-,23-,24-,25+,27-,32+,33+/m0/s1. The van der Waals surface area contributed by atoms with Crippen molar-refractivity contribution < 1.29 is 62.2 Å². The highest BCUT2D eigenvalue weighted by Gasteiger charge is 2.72. The average Bonchev–Trinajstić information content (AvgIpc) is 3.07. The second-order valence-corrected chi connectivity index (χ2v) is 19.1. The van der Waals surface area contributed by atoms with Gasteiger partial charge >= 0.3 is 24.2 Å². The number of Topliss-reactive ketones (excluding diaryl/α,β-unsaturated/α-hetero) is 1. The molecule has 300 valence electrons. The minimum absolute atomic E-state index is 0.0610. The highest BCUT2D eigenvalue weighted by atomic mass is 35.6. The summed E-state index contributed by atoms with van der Waals surface area (Å²) in [7, 11) is 1.29. The van der Waals surface area contributed by atoms with Gasteiger partial charge in [0.25, 0.3) is 0 Å². The molecule has 13 nitrogen and oxygen atoms in total. The molecule has 19 heteroatoms. The van der Waals surface area contributed by atoms with Crippen molar-refractivity contribution in [3.63, 3.8) is 0 Å². The maximum Gasteiger partial charge on any atom is 0.509 e. The molecule has 0 heterocycles. The van der Waals surface area contributed by atoms with Crippen LogP contribution in [-0.4, -0.2) is 99.2 Å². The molecule has 1 unspecified atom stereocenters. The Morgan fingerprint density at radius 2 is 1.43 bits per heavy atom. The van der Waals surface area contributed by atoms with E-state index in [9.17, 15) is 24.3 Å². The number of ketones is 1. The van der Waals surface area contributed by atoms with Gasteiger partial charge in [-0.25, -0.2) is 14.4 Å². The molecule has 0 amide bonds. The summed E-state index contributed by atoms with van der Waals surface area (Å²) in [5, 5.41) is 13.2. The van der Waals surface area contributed by atoms with Crippen LogP contribution in [0.3, 0.4) is 0 Å². The van der Waals surface area contributed by atoms with Crippen LogP contribution in [0.25, 0.3) is 0 Å². The Bertz CT molecular complexity index is 1640. The number of carbonyl (C=O) groups excluding carboxylic acids is 5. The number of hydrogen-bond donors (Lipinski definition) is 1. The molecule has 54 heavy (non-hydrogen) atoms. The van der Waals surface area contributed by atoms with Crippen molar-refractivity contribution in [2.45, 2.75) is 97.6 Å². The van der Waals surface area contributed by atoms with Crippen molar-refractivity contribution in [3.05, 3.63) is 47.0 Å². The normalized spacial score (nSPS) is 30.9. The van der Waals surface area contributed by atoms with Crippen LogP contribution in [0.15, 0.2) is 41.5 Å². The summed E-state index contributed by atoms with van der Waals surface area (Å²) in [5.74, 6) is -4.20. The molecule has 2 bridgehead atoms. The molecule has 0 aromatic heterocycles. The predicted octanol–water partition coefficient (Wildman–Crippen LogP) is 7.42. The van der Waals surface area contributed by atoms with E-state index in [2.05, 4.69) is 0 Å². The number of rotatable bonds is 8. The van der Waals surface area contributed by atoms with Gasteiger partial charge in [0, 0.05) is 25.9 Å². The fraction of sp³-hybridized carbons (Fsp3) is 0.629. The summed E-state index contributed by atoms with van der Waals surface area (Å²) in [6.45, 7) is 5.82. The van der Waals surface area contributed by atoms with Crippen LogP contribution < -0.4 is 0 Å². The largest absolute Gasteiger partial charge is 0.509 e. The van der Waals surface area contributed by atoms with Gasteiger partial charge in [0.15, 0.2) is 11.9 Å². The Hall–Kier alpha value is -2.23. The van der Waals surface area contributed by atoms with E-state index >= 15 is 4.79 Å². The molecule has 0 saturated heterocycles. The van der Waals surface area contributed by atoms with E-state index < -0.39 is 104 Å². The average molecular weight is 881 g/mol. The minimum atomic E-state index is -2.16. The zero-order valence-corrected chi connectivity index (χ0v) is 34.5. The van der Waals surface area contributed by atoms with Gasteiger partial charge in [-0.2, -0.15) is 0 Å². The van der Waals surface area contributed by atoms with Gasteiger partial charge in [-0.1, -0.05) is 107 Å². The molecule has 1 N–H and O–H groups in total. The molecular weight excluding hydrogens is 841 g/mol. The van der Waals surface area contributed by atoms with E-state index in [0.717, 1.165) is 6.92 Å². The lowest BCUT2D eigenvalue weighted by atomic mass is 9.48. The van der Waals surface area contributed by atoms with Crippen LogP contribution in [0.4, 0.5) is 9.59 Å². The Kier molecular flexibility index (Phi) is 13.8. The molecule has 0 aliphatic heterocycles. The van der Waals surface area contributed by atoms with Crippen molar-refractivity contribution in [1.82, 2.24) is 0 Å².